The maximum absolute atomic E-state index is 11.7. The summed E-state index contributed by atoms with van der Waals surface area (Å²) >= 11 is 0. The second-order valence-corrected chi connectivity index (χ2v) is 3.87. The van der Waals surface area contributed by atoms with E-state index in [4.69, 9.17) is 18.9 Å². The summed E-state index contributed by atoms with van der Waals surface area (Å²) in [6.45, 7) is 6.68. The summed E-state index contributed by atoms with van der Waals surface area (Å²) in [4.78, 5) is 11.7. The number of hydrogen-bond acceptors (Lipinski definition) is 5. The van der Waals surface area contributed by atoms with Crippen molar-refractivity contribution in [3.8, 4) is 5.75 Å². The molecule has 0 unspecified atom stereocenters. The normalized spacial score (nSPS) is 10.3. The van der Waals surface area contributed by atoms with E-state index >= 15 is 0 Å². The summed E-state index contributed by atoms with van der Waals surface area (Å²) in [5.74, 6) is 0.139. The number of rotatable bonds is 10. The number of ether oxygens (including phenoxy) is 4. The van der Waals surface area contributed by atoms with Gasteiger partial charge in [0, 0.05) is 6.61 Å². The molecule has 0 saturated heterocycles. The highest BCUT2D eigenvalue weighted by Gasteiger charge is 2.12. The quantitative estimate of drug-likeness (QED) is 0.487. The predicted octanol–water partition coefficient (Wildman–Crippen LogP) is 2.30. The fraction of sp³-hybridized carbons (Fsp3) is 0.533. The first-order valence-corrected chi connectivity index (χ1v) is 6.84. The Hall–Kier alpha value is -1.59. The molecule has 0 aliphatic rings. The monoisotopic (exact) mass is 282 g/mol. The number of para-hydroxylation sites is 1. The first kappa shape index (κ1) is 16.5. The predicted molar refractivity (Wildman–Crippen MR) is 75.2 cm³/mol. The van der Waals surface area contributed by atoms with E-state index in [9.17, 15) is 4.79 Å². The third-order valence-corrected chi connectivity index (χ3v) is 2.44. The van der Waals surface area contributed by atoms with Crippen LogP contribution in [0.3, 0.4) is 0 Å². The van der Waals surface area contributed by atoms with Crippen LogP contribution < -0.4 is 4.74 Å². The zero-order valence-electron chi connectivity index (χ0n) is 12.1. The van der Waals surface area contributed by atoms with Crippen LogP contribution in [0.5, 0.6) is 5.75 Å². The number of carbonyl (C=O) groups is 1. The van der Waals surface area contributed by atoms with Crippen molar-refractivity contribution in [3.63, 3.8) is 0 Å². The van der Waals surface area contributed by atoms with E-state index in [1.54, 1.807) is 25.1 Å². The number of carbonyl (C=O) groups excluding carboxylic acids is 1. The van der Waals surface area contributed by atoms with Crippen molar-refractivity contribution >= 4 is 5.97 Å². The van der Waals surface area contributed by atoms with Crippen LogP contribution in [0.4, 0.5) is 0 Å². The van der Waals surface area contributed by atoms with Crippen molar-refractivity contribution < 1.29 is 23.7 Å². The highest BCUT2D eigenvalue weighted by molar-refractivity contribution is 5.92. The number of benzene rings is 1. The Bertz CT molecular complexity index is 392. The highest BCUT2D eigenvalue weighted by Crippen LogP contribution is 2.18. The van der Waals surface area contributed by atoms with Crippen LogP contribution in [0.15, 0.2) is 24.3 Å². The van der Waals surface area contributed by atoms with Gasteiger partial charge in [0.05, 0.1) is 26.4 Å². The Balaban J connectivity index is 2.34. The van der Waals surface area contributed by atoms with Crippen molar-refractivity contribution in [1.29, 1.82) is 0 Å². The van der Waals surface area contributed by atoms with E-state index in [0.29, 0.717) is 51.0 Å². The maximum Gasteiger partial charge on any atom is 0.341 e. The topological polar surface area (TPSA) is 54.0 Å². The third kappa shape index (κ3) is 6.04. The lowest BCUT2D eigenvalue weighted by molar-refractivity contribution is 0.0396. The van der Waals surface area contributed by atoms with E-state index in [2.05, 4.69) is 0 Å². The SMILES string of the molecule is CCOCCOCCOc1ccccc1C(=O)OCC. The first-order chi connectivity index (χ1) is 9.79. The van der Waals surface area contributed by atoms with Gasteiger partial charge in [-0.2, -0.15) is 0 Å². The molecule has 0 amide bonds. The number of esters is 1. The van der Waals surface area contributed by atoms with Gasteiger partial charge in [0.25, 0.3) is 0 Å². The van der Waals surface area contributed by atoms with Crippen LogP contribution >= 0.6 is 0 Å². The van der Waals surface area contributed by atoms with Gasteiger partial charge in [-0.15, -0.1) is 0 Å². The Labute approximate surface area is 119 Å². The molecule has 0 bridgehead atoms. The van der Waals surface area contributed by atoms with Crippen LogP contribution in [0.25, 0.3) is 0 Å². The van der Waals surface area contributed by atoms with Crippen molar-refractivity contribution in [3.05, 3.63) is 29.8 Å². The van der Waals surface area contributed by atoms with Crippen molar-refractivity contribution in [2.75, 3.05) is 39.6 Å². The molecule has 0 saturated carbocycles. The van der Waals surface area contributed by atoms with Crippen LogP contribution in [0.2, 0.25) is 0 Å². The van der Waals surface area contributed by atoms with E-state index in [0.717, 1.165) is 0 Å². The molecular weight excluding hydrogens is 260 g/mol. The lowest BCUT2D eigenvalue weighted by Gasteiger charge is -2.11. The van der Waals surface area contributed by atoms with E-state index in [1.165, 1.54) is 0 Å². The number of hydrogen-bond donors (Lipinski definition) is 0. The molecule has 5 heteroatoms. The molecule has 1 rings (SSSR count). The minimum Gasteiger partial charge on any atom is -0.490 e. The summed E-state index contributed by atoms with van der Waals surface area (Å²) in [5, 5.41) is 0. The van der Waals surface area contributed by atoms with E-state index in [1.807, 2.05) is 13.0 Å². The molecule has 112 valence electrons. The molecule has 20 heavy (non-hydrogen) atoms. The molecule has 0 heterocycles. The fourth-order valence-corrected chi connectivity index (χ4v) is 1.54. The van der Waals surface area contributed by atoms with Gasteiger partial charge in [0.15, 0.2) is 0 Å². The van der Waals surface area contributed by atoms with Crippen LogP contribution in [-0.4, -0.2) is 45.6 Å². The molecule has 1 aromatic carbocycles. The molecular formula is C15H22O5. The van der Waals surface area contributed by atoms with E-state index < -0.39 is 0 Å². The van der Waals surface area contributed by atoms with Crippen molar-refractivity contribution in [2.24, 2.45) is 0 Å². The molecule has 0 fully saturated rings. The second-order valence-electron chi connectivity index (χ2n) is 3.87. The standard InChI is InChI=1S/C15H22O5/c1-3-17-9-10-18-11-12-20-14-8-6-5-7-13(14)15(16)19-4-2/h5-8H,3-4,9-12H2,1-2H3. The molecule has 0 aliphatic heterocycles. The zero-order chi connectivity index (χ0) is 14.6. The van der Waals surface area contributed by atoms with E-state index in [-0.39, 0.29) is 5.97 Å². The van der Waals surface area contributed by atoms with Gasteiger partial charge in [0.1, 0.15) is 17.9 Å². The minimum atomic E-state index is -0.375. The largest absolute Gasteiger partial charge is 0.490 e. The van der Waals surface area contributed by atoms with Gasteiger partial charge in [0.2, 0.25) is 0 Å². The van der Waals surface area contributed by atoms with Gasteiger partial charge >= 0.3 is 5.97 Å². The smallest absolute Gasteiger partial charge is 0.341 e. The Morgan fingerprint density at radius 2 is 1.65 bits per heavy atom. The molecule has 0 aliphatic carbocycles. The summed E-state index contributed by atoms with van der Waals surface area (Å²) in [7, 11) is 0. The van der Waals surface area contributed by atoms with Gasteiger partial charge in [-0.05, 0) is 26.0 Å². The lowest BCUT2D eigenvalue weighted by atomic mass is 10.2. The average Bonchev–Trinajstić information content (AvgIpc) is 2.47. The van der Waals surface area contributed by atoms with Crippen molar-refractivity contribution in [2.45, 2.75) is 13.8 Å². The highest BCUT2D eigenvalue weighted by atomic mass is 16.5. The summed E-state index contributed by atoms with van der Waals surface area (Å²) in [6, 6.07) is 7.02. The summed E-state index contributed by atoms with van der Waals surface area (Å²) in [6.07, 6.45) is 0. The average molecular weight is 282 g/mol. The second kappa shape index (κ2) is 10.2. The summed E-state index contributed by atoms with van der Waals surface area (Å²) < 4.78 is 21.0. The minimum absolute atomic E-state index is 0.341. The van der Waals surface area contributed by atoms with Crippen molar-refractivity contribution in [1.82, 2.24) is 0 Å². The maximum atomic E-state index is 11.7. The van der Waals surface area contributed by atoms with Gasteiger partial charge in [-0.25, -0.2) is 4.79 Å². The molecule has 1 aromatic rings. The van der Waals surface area contributed by atoms with Gasteiger partial charge in [-0.3, -0.25) is 0 Å². The van der Waals surface area contributed by atoms with Gasteiger partial charge < -0.3 is 18.9 Å². The summed E-state index contributed by atoms with van der Waals surface area (Å²) in [5.41, 5.74) is 0.434. The molecule has 0 aromatic heterocycles. The molecule has 0 radical (unpaired) electrons. The zero-order valence-corrected chi connectivity index (χ0v) is 12.1. The molecule has 5 nitrogen and oxygen atoms in total. The first-order valence-electron chi connectivity index (χ1n) is 6.84. The van der Waals surface area contributed by atoms with Crippen LogP contribution in [0, 0.1) is 0 Å². The Morgan fingerprint density at radius 3 is 2.40 bits per heavy atom. The molecule has 0 spiro atoms. The Kier molecular flexibility index (Phi) is 8.42. The Morgan fingerprint density at radius 1 is 0.950 bits per heavy atom. The lowest BCUT2D eigenvalue weighted by Crippen LogP contribution is -2.13. The van der Waals surface area contributed by atoms with Gasteiger partial charge in [-0.1, -0.05) is 12.1 Å². The fourth-order valence-electron chi connectivity index (χ4n) is 1.54. The van der Waals surface area contributed by atoms with Crippen LogP contribution in [0.1, 0.15) is 24.2 Å². The van der Waals surface area contributed by atoms with Crippen LogP contribution in [-0.2, 0) is 14.2 Å². The third-order valence-electron chi connectivity index (χ3n) is 2.44. The molecule has 0 N–H and O–H groups in total. The molecule has 0 atom stereocenters.